The van der Waals surface area contributed by atoms with Crippen LogP contribution in [0.1, 0.15) is 51.4 Å². The van der Waals surface area contributed by atoms with Gasteiger partial charge >= 0.3 is 0 Å². The molecule has 29 heavy (non-hydrogen) atoms. The first kappa shape index (κ1) is 20.4. The second kappa shape index (κ2) is 9.76. The largest absolute Gasteiger partial charge is 0.376 e. The fraction of sp³-hybridized carbons (Fsp3) is 0.591. The number of nitrogens with zero attached hydrogens (tertiary/aromatic N) is 2. The van der Waals surface area contributed by atoms with Gasteiger partial charge in [-0.25, -0.2) is 4.98 Å². The van der Waals surface area contributed by atoms with Gasteiger partial charge in [0.05, 0.1) is 29.3 Å². The first-order valence-electron chi connectivity index (χ1n) is 10.7. The van der Waals surface area contributed by atoms with Gasteiger partial charge in [-0.2, -0.15) is 0 Å². The highest BCUT2D eigenvalue weighted by Crippen LogP contribution is 2.22. The number of amides is 1. The van der Waals surface area contributed by atoms with E-state index in [9.17, 15) is 9.59 Å². The van der Waals surface area contributed by atoms with Gasteiger partial charge in [-0.3, -0.25) is 14.2 Å². The number of hydrogen-bond donors (Lipinski definition) is 1. The Morgan fingerprint density at radius 2 is 1.93 bits per heavy atom. The van der Waals surface area contributed by atoms with Crippen molar-refractivity contribution in [2.75, 3.05) is 12.4 Å². The van der Waals surface area contributed by atoms with E-state index >= 15 is 0 Å². The van der Waals surface area contributed by atoms with Crippen molar-refractivity contribution in [1.29, 1.82) is 0 Å². The van der Waals surface area contributed by atoms with Gasteiger partial charge in [-0.15, -0.1) is 0 Å². The van der Waals surface area contributed by atoms with Gasteiger partial charge in [0.2, 0.25) is 5.91 Å². The van der Waals surface area contributed by atoms with Gasteiger partial charge in [0.15, 0.2) is 5.16 Å². The molecule has 1 saturated carbocycles. The van der Waals surface area contributed by atoms with Crippen LogP contribution in [-0.2, 0) is 16.1 Å². The molecule has 0 spiro atoms. The molecule has 0 radical (unpaired) electrons. The zero-order valence-electron chi connectivity index (χ0n) is 16.8. The van der Waals surface area contributed by atoms with Crippen LogP contribution in [0.4, 0.5) is 0 Å². The van der Waals surface area contributed by atoms with Crippen LogP contribution in [0.25, 0.3) is 10.9 Å². The number of ether oxygens (including phenoxy) is 1. The van der Waals surface area contributed by atoms with Crippen molar-refractivity contribution in [2.45, 2.75) is 75.2 Å². The highest BCUT2D eigenvalue weighted by Gasteiger charge is 2.21. The summed E-state index contributed by atoms with van der Waals surface area (Å²) in [4.78, 5) is 30.3. The maximum absolute atomic E-state index is 13.1. The molecule has 1 N–H and O–H groups in total. The maximum atomic E-state index is 13.1. The predicted molar refractivity (Wildman–Crippen MR) is 115 cm³/mol. The Balaban J connectivity index is 1.50. The number of aromatic nitrogens is 2. The molecule has 1 atom stereocenters. The molecule has 1 aromatic heterocycles. The van der Waals surface area contributed by atoms with Gasteiger partial charge in [-0.05, 0) is 37.8 Å². The average Bonchev–Trinajstić information content (AvgIpc) is 3.11. The topological polar surface area (TPSA) is 73.2 Å². The minimum absolute atomic E-state index is 0.0213. The number of thioether (sulfide) groups is 1. The Morgan fingerprint density at radius 1 is 1.14 bits per heavy atom. The zero-order valence-corrected chi connectivity index (χ0v) is 17.6. The Labute approximate surface area is 175 Å². The summed E-state index contributed by atoms with van der Waals surface area (Å²) in [7, 11) is 0. The van der Waals surface area contributed by atoms with Crippen LogP contribution < -0.4 is 10.9 Å². The van der Waals surface area contributed by atoms with E-state index in [1.165, 1.54) is 37.4 Å². The van der Waals surface area contributed by atoms with E-state index in [2.05, 4.69) is 5.32 Å². The molecule has 0 unspecified atom stereocenters. The third-order valence-corrected chi connectivity index (χ3v) is 6.77. The Bertz CT molecular complexity index is 900. The van der Waals surface area contributed by atoms with Crippen molar-refractivity contribution in [1.82, 2.24) is 14.9 Å². The highest BCUT2D eigenvalue weighted by molar-refractivity contribution is 7.99. The van der Waals surface area contributed by atoms with Crippen molar-refractivity contribution in [3.8, 4) is 0 Å². The normalized spacial score (nSPS) is 20.6. The van der Waals surface area contributed by atoms with E-state index in [-0.39, 0.29) is 29.4 Å². The predicted octanol–water partition coefficient (Wildman–Crippen LogP) is 3.51. The van der Waals surface area contributed by atoms with E-state index < -0.39 is 0 Å². The van der Waals surface area contributed by atoms with Gasteiger partial charge in [0, 0.05) is 12.6 Å². The Kier molecular flexibility index (Phi) is 6.87. The van der Waals surface area contributed by atoms with Crippen LogP contribution in [0.15, 0.2) is 34.2 Å². The molecule has 0 bridgehead atoms. The molecule has 1 aromatic carbocycles. The zero-order chi connectivity index (χ0) is 20.1. The lowest BCUT2D eigenvalue weighted by Crippen LogP contribution is -2.36. The summed E-state index contributed by atoms with van der Waals surface area (Å²) in [6, 6.07) is 7.68. The van der Waals surface area contributed by atoms with E-state index in [1.807, 2.05) is 24.3 Å². The van der Waals surface area contributed by atoms with Gasteiger partial charge in [-0.1, -0.05) is 49.6 Å². The lowest BCUT2D eigenvalue weighted by Gasteiger charge is -2.18. The molecule has 1 aliphatic carbocycles. The molecule has 4 rings (SSSR count). The first-order chi connectivity index (χ1) is 14.2. The van der Waals surface area contributed by atoms with Crippen molar-refractivity contribution >= 4 is 28.6 Å². The minimum Gasteiger partial charge on any atom is -0.376 e. The summed E-state index contributed by atoms with van der Waals surface area (Å²) in [5.41, 5.74) is 0.616. The summed E-state index contributed by atoms with van der Waals surface area (Å²) in [6.07, 6.45) is 9.03. The van der Waals surface area contributed by atoms with E-state index in [0.717, 1.165) is 32.3 Å². The fourth-order valence-corrected chi connectivity index (χ4v) is 5.05. The molecular formula is C22H29N3O3S. The number of rotatable bonds is 6. The molecule has 1 amide bonds. The van der Waals surface area contributed by atoms with E-state index in [4.69, 9.17) is 9.72 Å². The van der Waals surface area contributed by atoms with E-state index in [0.29, 0.717) is 22.6 Å². The fourth-order valence-electron chi connectivity index (χ4n) is 4.23. The molecule has 2 aliphatic rings. The molecular weight excluding hydrogens is 386 g/mol. The third-order valence-electron chi connectivity index (χ3n) is 5.79. The van der Waals surface area contributed by atoms with Crippen LogP contribution in [0, 0.1) is 0 Å². The van der Waals surface area contributed by atoms with Crippen molar-refractivity contribution < 1.29 is 9.53 Å². The number of carbonyl (C=O) groups excluding carboxylic acids is 1. The molecule has 7 heteroatoms. The number of benzene rings is 1. The number of carbonyl (C=O) groups is 1. The SMILES string of the molecule is O=C(CSc1nc2ccccc2c(=O)n1C[C@@H]1CCCO1)NC1CCCCCC1. The molecule has 2 aromatic rings. The second-order valence-electron chi connectivity index (χ2n) is 8.01. The molecule has 2 fully saturated rings. The number of fused-ring (bicyclic) bond motifs is 1. The second-order valence-corrected chi connectivity index (χ2v) is 8.95. The van der Waals surface area contributed by atoms with Crippen LogP contribution in [0.3, 0.4) is 0 Å². The monoisotopic (exact) mass is 415 g/mol. The lowest BCUT2D eigenvalue weighted by molar-refractivity contribution is -0.119. The lowest BCUT2D eigenvalue weighted by atomic mass is 10.1. The molecule has 156 valence electrons. The van der Waals surface area contributed by atoms with Gasteiger partial charge in [0.1, 0.15) is 0 Å². The van der Waals surface area contributed by atoms with Gasteiger partial charge < -0.3 is 10.1 Å². The Morgan fingerprint density at radius 3 is 2.69 bits per heavy atom. The summed E-state index contributed by atoms with van der Waals surface area (Å²) in [6.45, 7) is 1.23. The van der Waals surface area contributed by atoms with Crippen LogP contribution >= 0.6 is 11.8 Å². The maximum Gasteiger partial charge on any atom is 0.262 e. The molecule has 1 saturated heterocycles. The number of para-hydroxylation sites is 1. The van der Waals surface area contributed by atoms with Gasteiger partial charge in [0.25, 0.3) is 5.56 Å². The standard InChI is InChI=1S/C22H29N3O3S/c26-20(23-16-8-3-1-2-4-9-16)15-29-22-24-19-12-6-5-11-18(19)21(27)25(22)14-17-10-7-13-28-17/h5-6,11-12,16-17H,1-4,7-10,13-15H2,(H,23,26)/t17-/m0/s1. The highest BCUT2D eigenvalue weighted by atomic mass is 32.2. The summed E-state index contributed by atoms with van der Waals surface area (Å²) >= 11 is 1.35. The molecule has 6 nitrogen and oxygen atoms in total. The average molecular weight is 416 g/mol. The summed E-state index contributed by atoms with van der Waals surface area (Å²) in [5.74, 6) is 0.292. The van der Waals surface area contributed by atoms with Crippen LogP contribution in [-0.4, -0.2) is 40.0 Å². The third kappa shape index (κ3) is 5.20. The number of nitrogens with one attached hydrogen (secondary N) is 1. The molecule has 2 heterocycles. The van der Waals surface area contributed by atoms with Crippen molar-refractivity contribution in [3.63, 3.8) is 0 Å². The van der Waals surface area contributed by atoms with Crippen LogP contribution in [0.5, 0.6) is 0 Å². The van der Waals surface area contributed by atoms with Crippen LogP contribution in [0.2, 0.25) is 0 Å². The molecule has 1 aliphatic heterocycles. The quantitative estimate of drug-likeness (QED) is 0.444. The van der Waals surface area contributed by atoms with Crippen molar-refractivity contribution in [3.05, 3.63) is 34.6 Å². The number of hydrogen-bond acceptors (Lipinski definition) is 5. The summed E-state index contributed by atoms with van der Waals surface area (Å²) < 4.78 is 7.44. The minimum atomic E-state index is -0.0576. The smallest absolute Gasteiger partial charge is 0.262 e. The first-order valence-corrected chi connectivity index (χ1v) is 11.7. The summed E-state index contributed by atoms with van der Waals surface area (Å²) in [5, 5.41) is 4.38. The Hall–Kier alpha value is -1.86. The van der Waals surface area contributed by atoms with Crippen molar-refractivity contribution in [2.24, 2.45) is 0 Å². The van der Waals surface area contributed by atoms with E-state index in [1.54, 1.807) is 4.57 Å².